The van der Waals surface area contributed by atoms with E-state index in [9.17, 15) is 0 Å². The van der Waals surface area contributed by atoms with E-state index in [4.69, 9.17) is 0 Å². The summed E-state index contributed by atoms with van der Waals surface area (Å²) in [5, 5.41) is 8.11. The Morgan fingerprint density at radius 2 is 2.05 bits per heavy atom. The molecule has 0 saturated heterocycles. The van der Waals surface area contributed by atoms with Gasteiger partial charge >= 0.3 is 0 Å². The molecule has 0 radical (unpaired) electrons. The number of hydrogen-bond donors (Lipinski definition) is 1. The molecule has 1 N–H and O–H groups in total. The smallest absolute Gasteiger partial charge is 0.0521 e. The maximum Gasteiger partial charge on any atom is 0.0521 e. The van der Waals surface area contributed by atoms with E-state index in [-0.39, 0.29) is 0 Å². The molecule has 0 aromatic carbocycles. The number of aromatic nitrogens is 2. The van der Waals surface area contributed by atoms with Crippen molar-refractivity contribution >= 4 is 0 Å². The Labute approximate surface area is 130 Å². The summed E-state index contributed by atoms with van der Waals surface area (Å²) in [5.74, 6) is 1.88. The highest BCUT2D eigenvalue weighted by Gasteiger charge is 2.26. The van der Waals surface area contributed by atoms with Gasteiger partial charge in [0.25, 0.3) is 0 Å². The second kappa shape index (κ2) is 8.57. The molecule has 1 aromatic heterocycles. The molecule has 1 heterocycles. The van der Waals surface area contributed by atoms with Crippen molar-refractivity contribution in [3.63, 3.8) is 0 Å². The van der Waals surface area contributed by atoms with Gasteiger partial charge in [-0.25, -0.2) is 0 Å². The van der Waals surface area contributed by atoms with Gasteiger partial charge in [-0.1, -0.05) is 33.1 Å². The first-order valence-corrected chi connectivity index (χ1v) is 8.93. The Kier molecular flexibility index (Phi) is 6.75. The molecule has 1 unspecified atom stereocenters. The van der Waals surface area contributed by atoms with Gasteiger partial charge < -0.3 is 5.32 Å². The predicted molar refractivity (Wildman–Crippen MR) is 89.3 cm³/mol. The quantitative estimate of drug-likeness (QED) is 0.786. The predicted octanol–water partition coefficient (Wildman–Crippen LogP) is 3.94. The summed E-state index contributed by atoms with van der Waals surface area (Å²) >= 11 is 0. The number of hydrogen-bond acceptors (Lipinski definition) is 2. The number of rotatable bonds is 8. The lowest BCUT2D eigenvalue weighted by molar-refractivity contribution is 0.211. The summed E-state index contributed by atoms with van der Waals surface area (Å²) in [5.41, 5.74) is 1.38. The van der Waals surface area contributed by atoms with Crippen LogP contribution in [0.3, 0.4) is 0 Å². The fraction of sp³-hybridized carbons (Fsp3) is 0.833. The second-order valence-corrected chi connectivity index (χ2v) is 6.81. The highest BCUT2D eigenvalue weighted by Crippen LogP contribution is 2.33. The van der Waals surface area contributed by atoms with Crippen molar-refractivity contribution in [3.05, 3.63) is 18.0 Å². The van der Waals surface area contributed by atoms with E-state index in [1.54, 1.807) is 0 Å². The van der Waals surface area contributed by atoms with Crippen molar-refractivity contribution in [2.45, 2.75) is 71.3 Å². The van der Waals surface area contributed by atoms with E-state index in [0.717, 1.165) is 24.8 Å². The summed E-state index contributed by atoms with van der Waals surface area (Å²) in [6.45, 7) is 5.77. The van der Waals surface area contributed by atoms with Crippen LogP contribution in [0.15, 0.2) is 12.4 Å². The first-order chi connectivity index (χ1) is 10.2. The van der Waals surface area contributed by atoms with Gasteiger partial charge in [-0.3, -0.25) is 4.68 Å². The van der Waals surface area contributed by atoms with E-state index in [1.165, 1.54) is 50.5 Å². The lowest BCUT2D eigenvalue weighted by Gasteiger charge is -2.34. The van der Waals surface area contributed by atoms with Crippen molar-refractivity contribution in [1.82, 2.24) is 15.1 Å². The Balaban J connectivity index is 1.85. The largest absolute Gasteiger partial charge is 0.314 e. The first kappa shape index (κ1) is 16.5. The molecule has 3 nitrogen and oxygen atoms in total. The SMILES string of the molecule is CCCNC(CCc1cnn(C)c1)C1CCC(CC)CC1. The van der Waals surface area contributed by atoms with Crippen molar-refractivity contribution in [3.8, 4) is 0 Å². The Morgan fingerprint density at radius 3 is 2.62 bits per heavy atom. The molecule has 0 spiro atoms. The molecule has 3 heteroatoms. The zero-order valence-electron chi connectivity index (χ0n) is 14.1. The minimum atomic E-state index is 0.697. The molecule has 1 atom stereocenters. The van der Waals surface area contributed by atoms with E-state index in [2.05, 4.69) is 30.5 Å². The topological polar surface area (TPSA) is 29.9 Å². The van der Waals surface area contributed by atoms with Gasteiger partial charge in [-0.05, 0) is 56.0 Å². The van der Waals surface area contributed by atoms with Crippen LogP contribution >= 0.6 is 0 Å². The number of aryl methyl sites for hydroxylation is 2. The highest BCUT2D eigenvalue weighted by molar-refractivity contribution is 5.04. The molecule has 1 aliphatic rings. The van der Waals surface area contributed by atoms with Crippen molar-refractivity contribution in [2.24, 2.45) is 18.9 Å². The molecule has 1 aromatic rings. The summed E-state index contributed by atoms with van der Waals surface area (Å²) in [6, 6.07) is 0.697. The van der Waals surface area contributed by atoms with Gasteiger partial charge in [-0.2, -0.15) is 5.10 Å². The fourth-order valence-corrected chi connectivity index (χ4v) is 3.76. The molecular formula is C18H33N3. The first-order valence-electron chi connectivity index (χ1n) is 8.93. The van der Waals surface area contributed by atoms with Crippen LogP contribution in [0.5, 0.6) is 0 Å². The van der Waals surface area contributed by atoms with Crippen LogP contribution < -0.4 is 5.32 Å². The third-order valence-electron chi connectivity index (χ3n) is 5.20. The molecule has 0 amide bonds. The summed E-state index contributed by atoms with van der Waals surface area (Å²) in [6.07, 6.45) is 14.9. The van der Waals surface area contributed by atoms with E-state index in [0.29, 0.717) is 6.04 Å². The van der Waals surface area contributed by atoms with Crippen LogP contribution in [-0.4, -0.2) is 22.4 Å². The number of nitrogens with zero attached hydrogens (tertiary/aromatic N) is 2. The van der Waals surface area contributed by atoms with Crippen LogP contribution in [0, 0.1) is 11.8 Å². The number of nitrogens with one attached hydrogen (secondary N) is 1. The van der Waals surface area contributed by atoms with Crippen LogP contribution in [0.25, 0.3) is 0 Å². The van der Waals surface area contributed by atoms with Gasteiger partial charge in [0, 0.05) is 19.3 Å². The molecular weight excluding hydrogens is 258 g/mol. The van der Waals surface area contributed by atoms with Gasteiger partial charge in [-0.15, -0.1) is 0 Å². The summed E-state index contributed by atoms with van der Waals surface area (Å²) in [4.78, 5) is 0. The van der Waals surface area contributed by atoms with Gasteiger partial charge in [0.05, 0.1) is 6.20 Å². The molecule has 0 aliphatic heterocycles. The van der Waals surface area contributed by atoms with Crippen molar-refractivity contribution < 1.29 is 0 Å². The lowest BCUT2D eigenvalue weighted by atomic mass is 9.76. The third kappa shape index (κ3) is 5.14. The average Bonchev–Trinajstić information content (AvgIpc) is 2.93. The molecule has 21 heavy (non-hydrogen) atoms. The monoisotopic (exact) mass is 291 g/mol. The standard InChI is InChI=1S/C18H33N3/c1-4-12-19-18(11-8-16-13-20-21(3)14-16)17-9-6-15(5-2)7-10-17/h13-15,17-19H,4-12H2,1-3H3. The maximum absolute atomic E-state index is 4.29. The minimum absolute atomic E-state index is 0.697. The van der Waals surface area contributed by atoms with E-state index in [1.807, 2.05) is 17.9 Å². The van der Waals surface area contributed by atoms with Crippen LogP contribution in [0.2, 0.25) is 0 Å². The molecule has 1 saturated carbocycles. The molecule has 120 valence electrons. The lowest BCUT2D eigenvalue weighted by Crippen LogP contribution is -2.39. The van der Waals surface area contributed by atoms with Crippen LogP contribution in [-0.2, 0) is 13.5 Å². The Morgan fingerprint density at radius 1 is 1.29 bits per heavy atom. The van der Waals surface area contributed by atoms with Crippen molar-refractivity contribution in [1.29, 1.82) is 0 Å². The Bertz CT molecular complexity index is 391. The average molecular weight is 291 g/mol. The zero-order valence-corrected chi connectivity index (χ0v) is 14.1. The minimum Gasteiger partial charge on any atom is -0.314 e. The summed E-state index contributed by atoms with van der Waals surface area (Å²) in [7, 11) is 2.00. The van der Waals surface area contributed by atoms with Gasteiger partial charge in [0.2, 0.25) is 0 Å². The van der Waals surface area contributed by atoms with Crippen LogP contribution in [0.4, 0.5) is 0 Å². The zero-order chi connectivity index (χ0) is 15.1. The van der Waals surface area contributed by atoms with Gasteiger partial charge in [0.1, 0.15) is 0 Å². The normalized spacial score (nSPS) is 24.1. The highest BCUT2D eigenvalue weighted by atomic mass is 15.2. The summed E-state index contributed by atoms with van der Waals surface area (Å²) < 4.78 is 1.91. The van der Waals surface area contributed by atoms with Crippen molar-refractivity contribution in [2.75, 3.05) is 6.54 Å². The fourth-order valence-electron chi connectivity index (χ4n) is 3.76. The molecule has 2 rings (SSSR count). The second-order valence-electron chi connectivity index (χ2n) is 6.81. The van der Waals surface area contributed by atoms with Crippen LogP contribution in [0.1, 0.15) is 64.4 Å². The van der Waals surface area contributed by atoms with E-state index >= 15 is 0 Å². The maximum atomic E-state index is 4.29. The van der Waals surface area contributed by atoms with Gasteiger partial charge in [0.15, 0.2) is 0 Å². The molecule has 1 fully saturated rings. The Hall–Kier alpha value is -0.830. The molecule has 0 bridgehead atoms. The third-order valence-corrected chi connectivity index (χ3v) is 5.20. The molecule has 1 aliphatic carbocycles. The van der Waals surface area contributed by atoms with E-state index < -0.39 is 0 Å².